The fourth-order valence-corrected chi connectivity index (χ4v) is 14.3. The van der Waals surface area contributed by atoms with Gasteiger partial charge in [-0.25, -0.2) is 16.8 Å². The van der Waals surface area contributed by atoms with Gasteiger partial charge in [0.1, 0.15) is 46.4 Å². The molecule has 14 nitrogen and oxygen atoms in total. The normalized spacial score (nSPS) is 20.5. The molecule has 6 aromatic carbocycles. The van der Waals surface area contributed by atoms with Crippen molar-refractivity contribution in [2.75, 3.05) is 27.4 Å². The number of aliphatic hydroxyl groups is 1. The number of carbonyl (C=O) groups is 3. The van der Waals surface area contributed by atoms with Crippen LogP contribution in [-0.4, -0.2) is 82.3 Å². The van der Waals surface area contributed by atoms with Gasteiger partial charge >= 0.3 is 0 Å². The minimum atomic E-state index is -4.50. The Hall–Kier alpha value is -7.01. The Balaban J connectivity index is 0.000000201. The van der Waals surface area contributed by atoms with Crippen LogP contribution < -0.4 is 28.4 Å². The van der Waals surface area contributed by atoms with Gasteiger partial charge in [-0.15, -0.1) is 0 Å². The highest BCUT2D eigenvalue weighted by molar-refractivity contribution is 7.94. The van der Waals surface area contributed by atoms with E-state index in [9.17, 15) is 36.3 Å². The summed E-state index contributed by atoms with van der Waals surface area (Å²) >= 11 is 0. The highest BCUT2D eigenvalue weighted by Gasteiger charge is 2.72. The average Bonchev–Trinajstić information content (AvgIpc) is 3.58. The van der Waals surface area contributed by atoms with E-state index < -0.39 is 59.0 Å². The zero-order valence-electron chi connectivity index (χ0n) is 44.0. The second-order valence-electron chi connectivity index (χ2n) is 19.7. The molecular formula is C60H64O14S2. The molecule has 2 heterocycles. The molecule has 0 radical (unpaired) electrons. The number of hydrogen-bond acceptors (Lipinski definition) is 14. The van der Waals surface area contributed by atoms with E-state index in [-0.39, 0.29) is 51.0 Å². The van der Waals surface area contributed by atoms with Crippen LogP contribution in [-0.2, 0) is 37.3 Å². The Morgan fingerprint density at radius 1 is 0.684 bits per heavy atom. The average molecular weight is 1070 g/mol. The fraction of sp³-hybridized carbons (Fsp3) is 0.350. The number of para-hydroxylation sites is 2. The van der Waals surface area contributed by atoms with Crippen molar-refractivity contribution in [3.8, 4) is 34.5 Å². The van der Waals surface area contributed by atoms with Crippen LogP contribution in [0.4, 0.5) is 0 Å². The van der Waals surface area contributed by atoms with Crippen molar-refractivity contribution >= 4 is 37.0 Å². The summed E-state index contributed by atoms with van der Waals surface area (Å²) in [6.45, 7) is 11.5. The fourth-order valence-electron chi connectivity index (χ4n) is 10.2. The summed E-state index contributed by atoms with van der Waals surface area (Å²) in [5.41, 5.74) is 1.92. The molecule has 3 aliphatic rings. The second-order valence-corrected chi connectivity index (χ2v) is 23.9. The first-order chi connectivity index (χ1) is 36.2. The summed E-state index contributed by atoms with van der Waals surface area (Å²) in [6.07, 6.45) is 0.717. The number of ketones is 3. The second kappa shape index (κ2) is 22.3. The molecule has 0 saturated carbocycles. The third kappa shape index (κ3) is 10.1. The Bertz CT molecular complexity index is 3380. The highest BCUT2D eigenvalue weighted by Crippen LogP contribution is 2.58. The molecule has 0 aromatic heterocycles. The minimum Gasteiger partial charge on any atom is -0.497 e. The molecular weight excluding hydrogens is 1010 g/mol. The predicted molar refractivity (Wildman–Crippen MR) is 287 cm³/mol. The van der Waals surface area contributed by atoms with E-state index in [0.717, 1.165) is 36.8 Å². The van der Waals surface area contributed by atoms with Crippen LogP contribution in [0.2, 0.25) is 0 Å². The van der Waals surface area contributed by atoms with Crippen LogP contribution in [0.5, 0.6) is 34.5 Å². The topological polar surface area (TPSA) is 195 Å². The number of benzene rings is 6. The molecule has 1 N–H and O–H groups in total. The summed E-state index contributed by atoms with van der Waals surface area (Å²) in [7, 11) is -5.71. The SMILES string of the molecule is CCCCOc1cc(OC)cc([C@H]2Oc3ccccc3C(=O)[C@@H]2S(=O)(=O)c2ccc(C)cc2)c1CC(C)=O.CCCCOc1cc(OC)cc2c1C[C@](C)(O)[C@@]1(S(=O)(=O)c3ccc(C)cc3)C(=O)c3ccccc3O[C@@H]21. The zero-order chi connectivity index (χ0) is 54.7. The maximum atomic E-state index is 14.6. The molecule has 9 rings (SSSR count). The van der Waals surface area contributed by atoms with Gasteiger partial charge in [-0.1, -0.05) is 86.3 Å². The van der Waals surface area contributed by atoms with E-state index in [1.807, 2.05) is 20.8 Å². The molecule has 0 spiro atoms. The number of fused-ring (bicyclic) bond motifs is 5. The predicted octanol–water partition coefficient (Wildman–Crippen LogP) is 10.5. The number of sulfone groups is 2. The molecule has 0 saturated heterocycles. The van der Waals surface area contributed by atoms with E-state index in [2.05, 4.69) is 6.92 Å². The Morgan fingerprint density at radius 2 is 1.20 bits per heavy atom. The van der Waals surface area contributed by atoms with Gasteiger partial charge in [-0.05, 0) is 101 Å². The summed E-state index contributed by atoms with van der Waals surface area (Å²) < 4.78 is 90.9. The number of rotatable bonds is 17. The van der Waals surface area contributed by atoms with Crippen molar-refractivity contribution in [2.24, 2.45) is 0 Å². The van der Waals surface area contributed by atoms with Crippen molar-refractivity contribution in [2.45, 2.75) is 118 Å². The number of methoxy groups -OCH3 is 2. The number of aryl methyl sites for hydroxylation is 2. The van der Waals surface area contributed by atoms with E-state index in [4.69, 9.17) is 28.4 Å². The van der Waals surface area contributed by atoms with Crippen molar-refractivity contribution in [3.63, 3.8) is 0 Å². The first kappa shape index (κ1) is 55.2. The standard InChI is InChI=1S/2C30H32O7S/c1-5-6-15-36-26-17-20(35-4)16-23-24(26)18-29(3,32)30(38(33,34)21-13-11-19(2)12-14-21)27(31)22-9-7-8-10-25(22)37-28(23)30;1-5-6-15-36-27-18-21(35-4)17-25(24(27)16-20(3)31)29-30(28(32)23-9-7-8-10-26(23)37-29)38(33,34)22-13-11-19(2)12-14-22/h7-14,16-17,28,32H,5-6,15,18H2,1-4H3;7-14,17-18,29-30H,5-6,15-16H2,1-4H3/t28-,29-,30+;29-,30+/m01/s1. The van der Waals surface area contributed by atoms with Crippen molar-refractivity contribution < 1.29 is 64.7 Å². The third-order valence-corrected chi connectivity index (χ3v) is 18.9. The van der Waals surface area contributed by atoms with Gasteiger partial charge in [-0.3, -0.25) is 14.4 Å². The molecule has 2 aliphatic heterocycles. The van der Waals surface area contributed by atoms with E-state index in [1.54, 1.807) is 91.0 Å². The maximum Gasteiger partial charge on any atom is 0.208 e. The van der Waals surface area contributed by atoms with Crippen LogP contribution >= 0.6 is 0 Å². The number of carbonyl (C=O) groups excluding carboxylic acids is 3. The molecule has 0 amide bonds. The lowest BCUT2D eigenvalue weighted by atomic mass is 9.66. The number of Topliss-reactive ketones (excluding diaryl/α,β-unsaturated/α-hetero) is 3. The van der Waals surface area contributed by atoms with Gasteiger partial charge in [0.2, 0.25) is 4.75 Å². The summed E-state index contributed by atoms with van der Waals surface area (Å²) in [5.74, 6) is 0.860. The Morgan fingerprint density at radius 3 is 1.76 bits per heavy atom. The lowest BCUT2D eigenvalue weighted by Gasteiger charge is -2.53. The number of unbranched alkanes of at least 4 members (excludes halogenated alkanes) is 2. The van der Waals surface area contributed by atoms with E-state index in [1.165, 1.54) is 58.4 Å². The van der Waals surface area contributed by atoms with E-state index in [0.29, 0.717) is 58.5 Å². The van der Waals surface area contributed by atoms with Crippen LogP contribution in [0.15, 0.2) is 131 Å². The largest absolute Gasteiger partial charge is 0.497 e. The van der Waals surface area contributed by atoms with Crippen molar-refractivity contribution in [3.05, 3.63) is 166 Å². The molecule has 6 aromatic rings. The van der Waals surface area contributed by atoms with Crippen molar-refractivity contribution in [1.29, 1.82) is 0 Å². The van der Waals surface area contributed by atoms with Gasteiger partial charge in [-0.2, -0.15) is 0 Å². The molecule has 0 fully saturated rings. The van der Waals surface area contributed by atoms with Crippen LogP contribution in [0.3, 0.4) is 0 Å². The first-order valence-electron chi connectivity index (χ1n) is 25.4. The molecule has 400 valence electrons. The zero-order valence-corrected chi connectivity index (χ0v) is 45.6. The summed E-state index contributed by atoms with van der Waals surface area (Å²) in [6, 6.07) is 32.5. The van der Waals surface area contributed by atoms with Crippen molar-refractivity contribution in [1.82, 2.24) is 0 Å². The smallest absolute Gasteiger partial charge is 0.208 e. The van der Waals surface area contributed by atoms with Gasteiger partial charge in [0.25, 0.3) is 0 Å². The molecule has 16 heteroatoms. The number of ether oxygens (including phenoxy) is 6. The minimum absolute atomic E-state index is 0.0184. The van der Waals surface area contributed by atoms with Crippen LogP contribution in [0, 0.1) is 13.8 Å². The Labute approximate surface area is 445 Å². The maximum absolute atomic E-state index is 14.6. The number of hydrogen-bond donors (Lipinski definition) is 1. The molecule has 0 bridgehead atoms. The van der Waals surface area contributed by atoms with Gasteiger partial charge < -0.3 is 33.5 Å². The highest BCUT2D eigenvalue weighted by atomic mass is 32.2. The first-order valence-corrected chi connectivity index (χ1v) is 28.4. The monoisotopic (exact) mass is 1070 g/mol. The lowest BCUT2D eigenvalue weighted by Crippen LogP contribution is -2.70. The molecule has 76 heavy (non-hydrogen) atoms. The summed E-state index contributed by atoms with van der Waals surface area (Å²) in [4.78, 5) is 40.7. The quantitative estimate of drug-likeness (QED) is 0.0847. The van der Waals surface area contributed by atoms with Crippen LogP contribution in [0.25, 0.3) is 0 Å². The lowest BCUT2D eigenvalue weighted by molar-refractivity contribution is -0.116. The Kier molecular flexibility index (Phi) is 16.2. The van der Waals surface area contributed by atoms with Gasteiger partial charge in [0, 0.05) is 47.2 Å². The van der Waals surface area contributed by atoms with Crippen LogP contribution in [0.1, 0.15) is 120 Å². The third-order valence-electron chi connectivity index (χ3n) is 14.2. The van der Waals surface area contributed by atoms with E-state index >= 15 is 0 Å². The molecule has 1 aliphatic carbocycles. The molecule has 0 unspecified atom stereocenters. The van der Waals surface area contributed by atoms with Gasteiger partial charge in [0.15, 0.2) is 42.6 Å². The van der Waals surface area contributed by atoms with Gasteiger partial charge in [0.05, 0.1) is 54.0 Å². The summed E-state index contributed by atoms with van der Waals surface area (Å²) in [5, 5.41) is 10.6. The molecule has 5 atom stereocenters.